The summed E-state index contributed by atoms with van der Waals surface area (Å²) < 4.78 is 6.18. The molecule has 1 aliphatic rings. The second-order valence-electron chi connectivity index (χ2n) is 9.77. The third-order valence-electron chi connectivity index (χ3n) is 6.44. The molecular formula is C30H29ClN2O3. The number of amides is 1. The highest BCUT2D eigenvalue weighted by molar-refractivity contribution is 6.30. The van der Waals surface area contributed by atoms with Gasteiger partial charge in [-0.2, -0.15) is 5.26 Å². The van der Waals surface area contributed by atoms with Gasteiger partial charge in [0.05, 0.1) is 17.4 Å². The molecule has 3 aromatic carbocycles. The Morgan fingerprint density at radius 3 is 2.47 bits per heavy atom. The van der Waals surface area contributed by atoms with Crippen LogP contribution in [0.1, 0.15) is 64.4 Å². The lowest BCUT2D eigenvalue weighted by Crippen LogP contribution is -2.35. The first-order valence-corrected chi connectivity index (χ1v) is 12.3. The van der Waals surface area contributed by atoms with Gasteiger partial charge in [0.15, 0.2) is 0 Å². The molecule has 2 N–H and O–H groups in total. The molecule has 5 nitrogen and oxygen atoms in total. The van der Waals surface area contributed by atoms with Gasteiger partial charge in [0.25, 0.3) is 5.91 Å². The number of nitriles is 1. The Labute approximate surface area is 217 Å². The molecule has 6 heteroatoms. The number of aliphatic hydroxyl groups is 1. The van der Waals surface area contributed by atoms with E-state index < -0.39 is 5.60 Å². The Balaban J connectivity index is 1.45. The van der Waals surface area contributed by atoms with Crippen LogP contribution in [0.15, 0.2) is 73.0 Å². The molecule has 0 spiro atoms. The lowest BCUT2D eigenvalue weighted by atomic mass is 9.81. The van der Waals surface area contributed by atoms with Crippen LogP contribution in [0, 0.1) is 11.3 Å². The highest BCUT2D eigenvalue weighted by Gasteiger charge is 2.36. The van der Waals surface area contributed by atoms with Gasteiger partial charge in [0.2, 0.25) is 0 Å². The minimum Gasteiger partial charge on any atom is -0.512 e. The van der Waals surface area contributed by atoms with Crippen LogP contribution >= 0.6 is 11.6 Å². The first kappa shape index (κ1) is 25.3. The maximum absolute atomic E-state index is 12.5. The van der Waals surface area contributed by atoms with Gasteiger partial charge in [-0.25, -0.2) is 0 Å². The summed E-state index contributed by atoms with van der Waals surface area (Å²) in [5, 5.41) is 23.6. The molecule has 1 heterocycles. The van der Waals surface area contributed by atoms with Crippen molar-refractivity contribution >= 4 is 17.5 Å². The van der Waals surface area contributed by atoms with E-state index in [0.717, 1.165) is 28.7 Å². The van der Waals surface area contributed by atoms with Crippen molar-refractivity contribution in [3.8, 4) is 11.8 Å². The largest absolute Gasteiger partial charge is 0.512 e. The topological polar surface area (TPSA) is 82.3 Å². The molecule has 0 aliphatic carbocycles. The maximum atomic E-state index is 12.5. The van der Waals surface area contributed by atoms with Gasteiger partial charge in [0, 0.05) is 35.0 Å². The number of nitrogens with zero attached hydrogens (tertiary/aromatic N) is 1. The van der Waals surface area contributed by atoms with Crippen LogP contribution in [0.3, 0.4) is 0 Å². The summed E-state index contributed by atoms with van der Waals surface area (Å²) in [6, 6.07) is 20.9. The first-order chi connectivity index (χ1) is 17.1. The van der Waals surface area contributed by atoms with Gasteiger partial charge in [-0.3, -0.25) is 4.79 Å². The Bertz CT molecular complexity index is 1320. The predicted molar refractivity (Wildman–Crippen MR) is 142 cm³/mol. The van der Waals surface area contributed by atoms with Crippen LogP contribution in [0.4, 0.5) is 0 Å². The fourth-order valence-corrected chi connectivity index (χ4v) is 4.68. The number of rotatable bonds is 7. The molecule has 36 heavy (non-hydrogen) atoms. The lowest BCUT2D eigenvalue weighted by molar-refractivity contribution is 0.0704. The lowest BCUT2D eigenvalue weighted by Gasteiger charge is -2.37. The Kier molecular flexibility index (Phi) is 7.37. The molecule has 1 aliphatic heterocycles. The van der Waals surface area contributed by atoms with Crippen LogP contribution in [0.2, 0.25) is 5.02 Å². The van der Waals surface area contributed by atoms with Crippen molar-refractivity contribution in [3.63, 3.8) is 0 Å². The quantitative estimate of drug-likeness (QED) is 0.363. The van der Waals surface area contributed by atoms with Gasteiger partial charge < -0.3 is 15.2 Å². The normalized spacial score (nSPS) is 15.8. The van der Waals surface area contributed by atoms with E-state index in [0.29, 0.717) is 41.3 Å². The van der Waals surface area contributed by atoms with Crippen molar-refractivity contribution in [1.82, 2.24) is 5.32 Å². The number of aliphatic hydroxyl groups excluding tert-OH is 1. The molecule has 1 atom stereocenters. The van der Waals surface area contributed by atoms with E-state index in [-0.39, 0.29) is 17.6 Å². The van der Waals surface area contributed by atoms with Crippen LogP contribution < -0.4 is 10.1 Å². The fourth-order valence-electron chi connectivity index (χ4n) is 4.56. The molecule has 0 saturated carbocycles. The highest BCUT2D eigenvalue weighted by atomic mass is 35.5. The summed E-state index contributed by atoms with van der Waals surface area (Å²) in [4.78, 5) is 12.5. The number of carbonyl (C=O) groups excluding carboxylic acids is 1. The molecule has 0 bridgehead atoms. The number of fused-ring (bicyclic) bond motifs is 1. The molecule has 0 aromatic heterocycles. The molecule has 1 amide bonds. The molecule has 184 valence electrons. The Morgan fingerprint density at radius 2 is 1.83 bits per heavy atom. The maximum Gasteiger partial charge on any atom is 0.251 e. The van der Waals surface area contributed by atoms with E-state index in [1.165, 1.54) is 0 Å². The van der Waals surface area contributed by atoms with Crippen LogP contribution in [-0.2, 0) is 12.8 Å². The fraction of sp³-hybridized carbons (Fsp3) is 0.267. The van der Waals surface area contributed by atoms with Gasteiger partial charge in [-0.05, 0) is 79.8 Å². The van der Waals surface area contributed by atoms with E-state index in [1.54, 1.807) is 18.2 Å². The second kappa shape index (κ2) is 10.5. The van der Waals surface area contributed by atoms with Crippen molar-refractivity contribution in [2.75, 3.05) is 6.54 Å². The molecule has 4 rings (SSSR count). The molecule has 1 unspecified atom stereocenters. The van der Waals surface area contributed by atoms with Gasteiger partial charge >= 0.3 is 0 Å². The minimum absolute atomic E-state index is 0.0753. The molecule has 0 radical (unpaired) electrons. The van der Waals surface area contributed by atoms with Crippen molar-refractivity contribution in [2.45, 2.75) is 44.6 Å². The zero-order valence-corrected chi connectivity index (χ0v) is 21.2. The van der Waals surface area contributed by atoms with Crippen molar-refractivity contribution < 1.29 is 14.6 Å². The van der Waals surface area contributed by atoms with E-state index in [9.17, 15) is 15.2 Å². The van der Waals surface area contributed by atoms with Gasteiger partial charge in [-0.1, -0.05) is 42.4 Å². The molecular weight excluding hydrogens is 472 g/mol. The number of carbonyl (C=O) groups is 1. The van der Waals surface area contributed by atoms with E-state index in [2.05, 4.69) is 18.0 Å². The summed E-state index contributed by atoms with van der Waals surface area (Å²) in [5.74, 6) is 0.332. The zero-order chi connectivity index (χ0) is 25.9. The number of nitrogens with one attached hydrogen (secondary N) is 1. The van der Waals surface area contributed by atoms with Crippen LogP contribution in [0.5, 0.6) is 5.75 Å². The summed E-state index contributed by atoms with van der Waals surface area (Å²) in [7, 11) is 0. The number of hydrogen-bond donors (Lipinski definition) is 2. The molecule has 0 fully saturated rings. The van der Waals surface area contributed by atoms with Crippen LogP contribution in [-0.4, -0.2) is 23.2 Å². The minimum atomic E-state index is -0.461. The third-order valence-corrected chi connectivity index (χ3v) is 6.69. The van der Waals surface area contributed by atoms with E-state index in [1.807, 2.05) is 56.3 Å². The van der Waals surface area contributed by atoms with Crippen molar-refractivity contribution in [2.24, 2.45) is 0 Å². The standard InChI is InChI=1S/C30H29ClN2O3/c1-19(34)27-17-30(2,3)36-28-16-23(24(18-32)15-26(27)28)14-21-4-8-22(9-5-21)29(35)33-13-12-20-6-10-25(31)11-7-20/h4-11,15-16,27,34H,1,12-14,17H2,2-3H3,(H,33,35). The molecule has 0 saturated heterocycles. The highest BCUT2D eigenvalue weighted by Crippen LogP contribution is 2.44. The summed E-state index contributed by atoms with van der Waals surface area (Å²) >= 11 is 5.91. The smallest absolute Gasteiger partial charge is 0.251 e. The van der Waals surface area contributed by atoms with E-state index >= 15 is 0 Å². The summed E-state index contributed by atoms with van der Waals surface area (Å²) in [6.45, 7) is 8.21. The second-order valence-corrected chi connectivity index (χ2v) is 10.2. The number of hydrogen-bond acceptors (Lipinski definition) is 4. The number of halogens is 1. The van der Waals surface area contributed by atoms with Crippen molar-refractivity contribution in [1.29, 1.82) is 5.26 Å². The summed E-state index contributed by atoms with van der Waals surface area (Å²) in [6.07, 6.45) is 1.82. The Hall–Kier alpha value is -3.75. The van der Waals surface area contributed by atoms with E-state index in [4.69, 9.17) is 16.3 Å². The average Bonchev–Trinajstić information content (AvgIpc) is 2.84. The van der Waals surface area contributed by atoms with Gasteiger partial charge in [0.1, 0.15) is 11.4 Å². The number of benzene rings is 3. The number of ether oxygens (including phenoxy) is 1. The summed E-state index contributed by atoms with van der Waals surface area (Å²) in [5.41, 5.74) is 4.35. The van der Waals surface area contributed by atoms with Crippen molar-refractivity contribution in [3.05, 3.63) is 111 Å². The monoisotopic (exact) mass is 500 g/mol. The molecule has 3 aromatic rings. The third kappa shape index (κ3) is 5.90. The Morgan fingerprint density at radius 1 is 1.17 bits per heavy atom. The van der Waals surface area contributed by atoms with Gasteiger partial charge in [-0.15, -0.1) is 0 Å². The van der Waals surface area contributed by atoms with Crippen LogP contribution in [0.25, 0.3) is 0 Å². The first-order valence-electron chi connectivity index (χ1n) is 11.9. The SMILES string of the molecule is C=C(O)C1CC(C)(C)Oc2cc(Cc3ccc(C(=O)NCCc4ccc(Cl)cc4)cc3)c(C#N)cc21. The average molecular weight is 501 g/mol. The predicted octanol–water partition coefficient (Wildman–Crippen LogP) is 6.49. The zero-order valence-electron chi connectivity index (χ0n) is 20.5. The number of allylic oxidation sites excluding steroid dienone is 1.